The minimum Gasteiger partial charge on any atom is -0.493 e. The zero-order valence-corrected chi connectivity index (χ0v) is 16.5. The number of carbonyl (C=O) groups excluding carboxylic acids is 2. The highest BCUT2D eigenvalue weighted by Gasteiger charge is 2.18. The van der Waals surface area contributed by atoms with Crippen molar-refractivity contribution in [3.05, 3.63) is 53.9 Å². The smallest absolute Gasteiger partial charge is 0.307 e. The molecule has 7 nitrogen and oxygen atoms in total. The van der Waals surface area contributed by atoms with E-state index < -0.39 is 0 Å². The van der Waals surface area contributed by atoms with Crippen LogP contribution in [-0.4, -0.2) is 55.7 Å². The summed E-state index contributed by atoms with van der Waals surface area (Å²) in [6.07, 6.45) is 3.89. The summed E-state index contributed by atoms with van der Waals surface area (Å²) in [5, 5.41) is 0. The highest BCUT2D eigenvalue weighted by Crippen LogP contribution is 2.27. The van der Waals surface area contributed by atoms with E-state index in [0.29, 0.717) is 36.6 Å². The van der Waals surface area contributed by atoms with Crippen molar-refractivity contribution >= 4 is 11.9 Å². The molecule has 1 aromatic carbocycles. The van der Waals surface area contributed by atoms with Crippen molar-refractivity contribution < 1.29 is 23.8 Å². The van der Waals surface area contributed by atoms with Gasteiger partial charge in [-0.05, 0) is 43.2 Å². The molecule has 28 heavy (non-hydrogen) atoms. The highest BCUT2D eigenvalue weighted by molar-refractivity contribution is 5.94. The van der Waals surface area contributed by atoms with Gasteiger partial charge in [0.15, 0.2) is 11.5 Å². The molecule has 1 amide bonds. The van der Waals surface area contributed by atoms with E-state index in [1.165, 1.54) is 6.20 Å². The van der Waals surface area contributed by atoms with Gasteiger partial charge in [0.25, 0.3) is 5.91 Å². The number of pyridine rings is 1. The zero-order chi connectivity index (χ0) is 20.4. The van der Waals surface area contributed by atoms with Crippen molar-refractivity contribution in [2.75, 3.05) is 33.9 Å². The van der Waals surface area contributed by atoms with Crippen LogP contribution in [0.3, 0.4) is 0 Å². The third kappa shape index (κ3) is 5.97. The van der Waals surface area contributed by atoms with Gasteiger partial charge in [-0.25, -0.2) is 0 Å². The number of rotatable bonds is 10. The predicted molar refractivity (Wildman–Crippen MR) is 105 cm³/mol. The molecule has 1 aromatic heterocycles. The maximum atomic E-state index is 12.8. The summed E-state index contributed by atoms with van der Waals surface area (Å²) in [4.78, 5) is 30.2. The van der Waals surface area contributed by atoms with E-state index in [2.05, 4.69) is 4.98 Å². The lowest BCUT2D eigenvalue weighted by Crippen LogP contribution is -2.35. The molecule has 0 spiro atoms. The number of hydrogen-bond acceptors (Lipinski definition) is 6. The van der Waals surface area contributed by atoms with Crippen LogP contribution >= 0.6 is 0 Å². The topological polar surface area (TPSA) is 78.0 Å². The molecule has 0 unspecified atom stereocenters. The lowest BCUT2D eigenvalue weighted by Gasteiger charge is -2.22. The summed E-state index contributed by atoms with van der Waals surface area (Å²) in [6.45, 7) is 2.80. The average Bonchev–Trinajstić information content (AvgIpc) is 2.74. The Bertz CT molecular complexity index is 780. The normalized spacial score (nSPS) is 10.2. The van der Waals surface area contributed by atoms with Crippen LogP contribution in [0.4, 0.5) is 0 Å². The number of amides is 1. The minimum atomic E-state index is -0.322. The Morgan fingerprint density at radius 1 is 1.07 bits per heavy atom. The molecule has 0 fully saturated rings. The van der Waals surface area contributed by atoms with Gasteiger partial charge in [-0.3, -0.25) is 14.6 Å². The van der Waals surface area contributed by atoms with Gasteiger partial charge in [-0.1, -0.05) is 6.07 Å². The Labute approximate surface area is 165 Å². The van der Waals surface area contributed by atoms with Gasteiger partial charge in [0.2, 0.25) is 0 Å². The third-order valence-electron chi connectivity index (χ3n) is 4.21. The van der Waals surface area contributed by atoms with Crippen molar-refractivity contribution in [1.29, 1.82) is 0 Å². The van der Waals surface area contributed by atoms with Crippen LogP contribution in [0.5, 0.6) is 11.5 Å². The van der Waals surface area contributed by atoms with Crippen LogP contribution in [-0.2, 0) is 16.0 Å². The summed E-state index contributed by atoms with van der Waals surface area (Å²) in [7, 11) is 3.17. The lowest BCUT2D eigenvalue weighted by atomic mass is 10.1. The predicted octanol–water partition coefficient (Wildman–Crippen LogP) is 2.74. The fourth-order valence-electron chi connectivity index (χ4n) is 2.75. The molecule has 0 saturated heterocycles. The number of nitrogens with zero attached hydrogens (tertiary/aromatic N) is 2. The number of benzene rings is 1. The Morgan fingerprint density at radius 2 is 1.86 bits per heavy atom. The molecule has 0 bridgehead atoms. The number of methoxy groups -OCH3 is 2. The van der Waals surface area contributed by atoms with E-state index in [9.17, 15) is 9.59 Å². The second-order valence-electron chi connectivity index (χ2n) is 6.03. The second-order valence-corrected chi connectivity index (χ2v) is 6.03. The largest absolute Gasteiger partial charge is 0.493 e. The van der Waals surface area contributed by atoms with Crippen LogP contribution in [0.25, 0.3) is 0 Å². The van der Waals surface area contributed by atoms with Gasteiger partial charge in [-0.15, -0.1) is 0 Å². The fourth-order valence-corrected chi connectivity index (χ4v) is 2.75. The maximum absolute atomic E-state index is 12.8. The number of ether oxygens (including phenoxy) is 3. The number of hydrogen-bond donors (Lipinski definition) is 0. The maximum Gasteiger partial charge on any atom is 0.307 e. The van der Waals surface area contributed by atoms with Crippen LogP contribution in [0.1, 0.15) is 29.3 Å². The first kappa shape index (κ1) is 21.2. The van der Waals surface area contributed by atoms with E-state index in [0.717, 1.165) is 5.56 Å². The molecule has 0 atom stereocenters. The Kier molecular flexibility index (Phi) is 8.27. The van der Waals surface area contributed by atoms with Crippen molar-refractivity contribution in [3.63, 3.8) is 0 Å². The van der Waals surface area contributed by atoms with E-state index >= 15 is 0 Å². The standard InChI is InChI=1S/C21H26N2O5/c1-4-28-20(24)10-13-23(21(25)17-6-5-11-22-15-17)12-9-16-7-8-18(26-2)19(14-16)27-3/h5-8,11,14-15H,4,9-10,12-13H2,1-3H3. The minimum absolute atomic E-state index is 0.145. The number of carbonyl (C=O) groups is 2. The summed E-state index contributed by atoms with van der Waals surface area (Å²) in [5.74, 6) is 0.795. The highest BCUT2D eigenvalue weighted by atomic mass is 16.5. The molecule has 1 heterocycles. The molecule has 0 radical (unpaired) electrons. The van der Waals surface area contributed by atoms with Gasteiger partial charge in [0.05, 0.1) is 32.8 Å². The van der Waals surface area contributed by atoms with Crippen LogP contribution < -0.4 is 9.47 Å². The number of esters is 1. The zero-order valence-electron chi connectivity index (χ0n) is 16.5. The van der Waals surface area contributed by atoms with E-state index in [1.807, 2.05) is 18.2 Å². The van der Waals surface area contributed by atoms with E-state index in [-0.39, 0.29) is 24.8 Å². The van der Waals surface area contributed by atoms with Gasteiger partial charge in [-0.2, -0.15) is 0 Å². The fraction of sp³-hybridized carbons (Fsp3) is 0.381. The van der Waals surface area contributed by atoms with Crippen molar-refractivity contribution in [1.82, 2.24) is 9.88 Å². The summed E-state index contributed by atoms with van der Waals surface area (Å²) >= 11 is 0. The molecule has 2 rings (SSSR count). The molecule has 0 N–H and O–H groups in total. The molecule has 0 aliphatic rings. The van der Waals surface area contributed by atoms with Crippen LogP contribution in [0.15, 0.2) is 42.7 Å². The van der Waals surface area contributed by atoms with Gasteiger partial charge in [0.1, 0.15) is 0 Å². The van der Waals surface area contributed by atoms with Crippen LogP contribution in [0, 0.1) is 0 Å². The molecule has 150 valence electrons. The molecule has 0 aliphatic carbocycles. The van der Waals surface area contributed by atoms with Gasteiger partial charge >= 0.3 is 5.97 Å². The van der Waals surface area contributed by atoms with Gasteiger partial charge < -0.3 is 19.1 Å². The average molecular weight is 386 g/mol. The Morgan fingerprint density at radius 3 is 2.50 bits per heavy atom. The van der Waals surface area contributed by atoms with E-state index in [4.69, 9.17) is 14.2 Å². The third-order valence-corrected chi connectivity index (χ3v) is 4.21. The quantitative estimate of drug-likeness (QED) is 0.584. The monoisotopic (exact) mass is 386 g/mol. The lowest BCUT2D eigenvalue weighted by molar-refractivity contribution is -0.143. The van der Waals surface area contributed by atoms with Crippen molar-refractivity contribution in [3.8, 4) is 11.5 Å². The molecule has 7 heteroatoms. The second kappa shape index (κ2) is 10.9. The first-order valence-corrected chi connectivity index (χ1v) is 9.14. The summed E-state index contributed by atoms with van der Waals surface area (Å²) < 4.78 is 15.6. The molecule has 0 saturated carbocycles. The first-order valence-electron chi connectivity index (χ1n) is 9.14. The Hall–Kier alpha value is -3.09. The molecule has 0 aliphatic heterocycles. The van der Waals surface area contributed by atoms with Gasteiger partial charge in [0, 0.05) is 25.5 Å². The molecular formula is C21H26N2O5. The number of aromatic nitrogens is 1. The van der Waals surface area contributed by atoms with Crippen molar-refractivity contribution in [2.24, 2.45) is 0 Å². The molecule has 2 aromatic rings. The van der Waals surface area contributed by atoms with E-state index in [1.54, 1.807) is 44.4 Å². The first-order chi connectivity index (χ1) is 13.6. The summed E-state index contributed by atoms with van der Waals surface area (Å²) in [6, 6.07) is 9.07. The van der Waals surface area contributed by atoms with Crippen LogP contribution in [0.2, 0.25) is 0 Å². The molecular weight excluding hydrogens is 360 g/mol. The SMILES string of the molecule is CCOC(=O)CCN(CCc1ccc(OC)c(OC)c1)C(=O)c1cccnc1. The Balaban J connectivity index is 2.10. The summed E-state index contributed by atoms with van der Waals surface area (Å²) in [5.41, 5.74) is 1.48. The van der Waals surface area contributed by atoms with Crippen molar-refractivity contribution in [2.45, 2.75) is 19.8 Å².